The van der Waals surface area contributed by atoms with Crippen LogP contribution < -0.4 is 5.32 Å². The minimum atomic E-state index is -4.56. The largest absolute Gasteiger partial charge is 0.444 e. The van der Waals surface area contributed by atoms with Crippen LogP contribution in [0.2, 0.25) is 0 Å². The Bertz CT molecular complexity index is 640. The topological polar surface area (TPSA) is 72.5 Å². The van der Waals surface area contributed by atoms with Crippen LogP contribution in [0.1, 0.15) is 43.0 Å². The van der Waals surface area contributed by atoms with Crippen LogP contribution >= 0.6 is 0 Å². The minimum absolute atomic E-state index is 0.259. The number of nitrogens with one attached hydrogen (secondary N) is 1. The molecule has 1 N–H and O–H groups in total. The Morgan fingerprint density at radius 1 is 1.23 bits per heavy atom. The van der Waals surface area contributed by atoms with Gasteiger partial charge in [-0.2, -0.15) is 8.42 Å². The van der Waals surface area contributed by atoms with Crippen molar-refractivity contribution in [3.8, 4) is 0 Å². The van der Waals surface area contributed by atoms with E-state index in [2.05, 4.69) is 5.32 Å². The lowest BCUT2D eigenvalue weighted by atomic mass is 10.00. The van der Waals surface area contributed by atoms with Crippen molar-refractivity contribution in [2.75, 3.05) is 0 Å². The molecular formula is C15H22FNO4S. The molecule has 0 spiro atoms. The van der Waals surface area contributed by atoms with E-state index in [0.717, 1.165) is 16.7 Å². The zero-order chi connectivity index (χ0) is 17.1. The Balaban J connectivity index is 2.83. The number of amides is 1. The van der Waals surface area contributed by atoms with Crippen molar-refractivity contribution in [3.63, 3.8) is 0 Å². The standard InChI is InChI=1S/C15H22FNO4S/c1-10-6-12(9-22(16,19)20)7-11(2)13(10)8-17-14(18)21-15(3,4)5/h6-7H,8-9H2,1-5H3,(H,17,18). The summed E-state index contributed by atoms with van der Waals surface area (Å²) in [5.41, 5.74) is 2.24. The molecule has 124 valence electrons. The summed E-state index contributed by atoms with van der Waals surface area (Å²) in [6.45, 7) is 9.15. The van der Waals surface area contributed by atoms with Gasteiger partial charge in [0.1, 0.15) is 11.4 Å². The van der Waals surface area contributed by atoms with Crippen molar-refractivity contribution in [2.45, 2.75) is 52.5 Å². The summed E-state index contributed by atoms with van der Waals surface area (Å²) >= 11 is 0. The molecule has 5 nitrogen and oxygen atoms in total. The van der Waals surface area contributed by atoms with Crippen molar-refractivity contribution in [3.05, 3.63) is 34.4 Å². The number of carbonyl (C=O) groups is 1. The molecule has 1 aromatic rings. The van der Waals surface area contributed by atoms with Gasteiger partial charge in [-0.25, -0.2) is 4.79 Å². The lowest BCUT2D eigenvalue weighted by Gasteiger charge is -2.20. The van der Waals surface area contributed by atoms with E-state index in [-0.39, 0.29) is 6.54 Å². The molecule has 0 unspecified atom stereocenters. The number of aryl methyl sites for hydroxylation is 2. The number of ether oxygens (including phenoxy) is 1. The van der Waals surface area contributed by atoms with Gasteiger partial charge in [-0.3, -0.25) is 0 Å². The van der Waals surface area contributed by atoms with Crippen LogP contribution in [-0.2, 0) is 27.3 Å². The third-order valence-electron chi connectivity index (χ3n) is 2.90. The number of benzene rings is 1. The number of hydrogen-bond acceptors (Lipinski definition) is 4. The molecule has 1 aromatic carbocycles. The first-order valence-electron chi connectivity index (χ1n) is 6.85. The smallest absolute Gasteiger partial charge is 0.407 e. The molecule has 0 fully saturated rings. The maximum absolute atomic E-state index is 12.7. The molecule has 0 bridgehead atoms. The van der Waals surface area contributed by atoms with Gasteiger partial charge in [0, 0.05) is 6.54 Å². The lowest BCUT2D eigenvalue weighted by Crippen LogP contribution is -2.32. The Labute approximate surface area is 131 Å². The molecule has 0 aliphatic rings. The van der Waals surface area contributed by atoms with Crippen molar-refractivity contribution in [1.29, 1.82) is 0 Å². The monoisotopic (exact) mass is 331 g/mol. The fraction of sp³-hybridized carbons (Fsp3) is 0.533. The molecule has 0 saturated carbocycles. The number of alkyl carbamates (subject to hydrolysis) is 1. The first kappa shape index (κ1) is 18.4. The van der Waals surface area contributed by atoms with E-state index in [1.54, 1.807) is 46.8 Å². The predicted octanol–water partition coefficient (Wildman–Crippen LogP) is 3.13. The molecule has 0 aliphatic carbocycles. The van der Waals surface area contributed by atoms with Crippen molar-refractivity contribution in [1.82, 2.24) is 5.32 Å². The van der Waals surface area contributed by atoms with Crippen molar-refractivity contribution < 1.29 is 21.8 Å². The Morgan fingerprint density at radius 2 is 1.73 bits per heavy atom. The summed E-state index contributed by atoms with van der Waals surface area (Å²) in [6, 6.07) is 3.21. The molecule has 22 heavy (non-hydrogen) atoms. The molecule has 1 amide bonds. The highest BCUT2D eigenvalue weighted by Gasteiger charge is 2.17. The molecule has 0 aliphatic heterocycles. The summed E-state index contributed by atoms with van der Waals surface area (Å²) in [6.07, 6.45) is -0.526. The Morgan fingerprint density at radius 3 is 2.14 bits per heavy atom. The molecular weight excluding hydrogens is 309 g/mol. The first-order chi connectivity index (χ1) is 9.87. The molecule has 0 heterocycles. The number of rotatable bonds is 4. The molecule has 1 rings (SSSR count). The molecule has 0 aromatic heterocycles. The van der Waals surface area contributed by atoms with Gasteiger partial charge in [-0.05, 0) is 56.9 Å². The lowest BCUT2D eigenvalue weighted by molar-refractivity contribution is 0.0523. The highest BCUT2D eigenvalue weighted by molar-refractivity contribution is 7.85. The third kappa shape index (κ3) is 6.43. The zero-order valence-corrected chi connectivity index (χ0v) is 14.3. The Kier molecular flexibility index (Phi) is 5.56. The maximum atomic E-state index is 12.7. The van der Waals surface area contributed by atoms with E-state index < -0.39 is 27.7 Å². The van der Waals surface area contributed by atoms with Gasteiger partial charge >= 0.3 is 16.3 Å². The number of halogens is 1. The average molecular weight is 331 g/mol. The highest BCUT2D eigenvalue weighted by Crippen LogP contribution is 2.19. The Hall–Kier alpha value is -1.63. The summed E-state index contributed by atoms with van der Waals surface area (Å²) in [5.74, 6) is -0.644. The summed E-state index contributed by atoms with van der Waals surface area (Å²) in [5, 5.41) is 2.65. The SMILES string of the molecule is Cc1cc(CS(=O)(=O)F)cc(C)c1CNC(=O)OC(C)(C)C. The van der Waals surface area contributed by atoms with Gasteiger partial charge in [0.2, 0.25) is 0 Å². The number of carbonyl (C=O) groups excluding carboxylic acids is 1. The maximum Gasteiger partial charge on any atom is 0.407 e. The third-order valence-corrected chi connectivity index (χ3v) is 3.58. The van der Waals surface area contributed by atoms with Crippen molar-refractivity contribution in [2.24, 2.45) is 0 Å². The molecule has 0 radical (unpaired) electrons. The minimum Gasteiger partial charge on any atom is -0.444 e. The fourth-order valence-electron chi connectivity index (χ4n) is 2.12. The van der Waals surface area contributed by atoms with Gasteiger partial charge in [-0.15, -0.1) is 3.89 Å². The van der Waals surface area contributed by atoms with E-state index in [1.807, 2.05) is 0 Å². The fourth-order valence-corrected chi connectivity index (χ4v) is 2.68. The summed E-state index contributed by atoms with van der Waals surface area (Å²) in [4.78, 5) is 11.6. The van der Waals surface area contributed by atoms with Gasteiger partial charge in [0.25, 0.3) is 0 Å². The molecule has 7 heteroatoms. The predicted molar refractivity (Wildman–Crippen MR) is 82.7 cm³/mol. The van der Waals surface area contributed by atoms with E-state index in [4.69, 9.17) is 4.74 Å². The van der Waals surface area contributed by atoms with Gasteiger partial charge in [0.15, 0.2) is 0 Å². The van der Waals surface area contributed by atoms with Crippen molar-refractivity contribution >= 4 is 16.3 Å². The summed E-state index contributed by atoms with van der Waals surface area (Å²) in [7, 11) is -4.56. The van der Waals surface area contributed by atoms with Crippen LogP contribution in [0.25, 0.3) is 0 Å². The van der Waals surface area contributed by atoms with E-state index in [9.17, 15) is 17.1 Å². The van der Waals surface area contributed by atoms with Crippen LogP contribution in [0.3, 0.4) is 0 Å². The highest BCUT2D eigenvalue weighted by atomic mass is 32.3. The van der Waals surface area contributed by atoms with E-state index >= 15 is 0 Å². The average Bonchev–Trinajstić information content (AvgIpc) is 2.22. The van der Waals surface area contributed by atoms with Crippen LogP contribution in [0.15, 0.2) is 12.1 Å². The second kappa shape index (κ2) is 6.64. The number of hydrogen-bond donors (Lipinski definition) is 1. The van der Waals surface area contributed by atoms with Gasteiger partial charge in [-0.1, -0.05) is 12.1 Å². The second-order valence-corrected chi connectivity index (χ2v) is 7.61. The normalized spacial score (nSPS) is 12.1. The van der Waals surface area contributed by atoms with Crippen LogP contribution in [0.4, 0.5) is 8.68 Å². The van der Waals surface area contributed by atoms with Crippen LogP contribution in [0.5, 0.6) is 0 Å². The zero-order valence-electron chi connectivity index (χ0n) is 13.5. The van der Waals surface area contributed by atoms with Crippen LogP contribution in [-0.4, -0.2) is 20.1 Å². The summed E-state index contributed by atoms with van der Waals surface area (Å²) < 4.78 is 39.3. The first-order valence-corrected chi connectivity index (χ1v) is 8.41. The van der Waals surface area contributed by atoms with Gasteiger partial charge in [0.05, 0.1) is 0 Å². The van der Waals surface area contributed by atoms with E-state index in [0.29, 0.717) is 5.56 Å². The second-order valence-electron chi connectivity index (χ2n) is 6.25. The van der Waals surface area contributed by atoms with Crippen LogP contribution in [0, 0.1) is 13.8 Å². The van der Waals surface area contributed by atoms with E-state index in [1.165, 1.54) is 0 Å². The van der Waals surface area contributed by atoms with Gasteiger partial charge < -0.3 is 10.1 Å². The quantitative estimate of drug-likeness (QED) is 0.860. The molecule has 0 atom stereocenters. The molecule has 0 saturated heterocycles.